The van der Waals surface area contributed by atoms with Crippen molar-refractivity contribution in [2.24, 2.45) is 0 Å². The highest BCUT2D eigenvalue weighted by atomic mass is 16.5. The third-order valence-electron chi connectivity index (χ3n) is 8.94. The molecule has 0 aliphatic carbocycles. The molecule has 2 heterocycles. The van der Waals surface area contributed by atoms with Gasteiger partial charge in [0.2, 0.25) is 0 Å². The molecule has 0 bridgehead atoms. The van der Waals surface area contributed by atoms with Crippen LogP contribution in [0.4, 0.5) is 0 Å². The molecule has 4 nitrogen and oxygen atoms in total. The number of aryl methyl sites for hydroxylation is 1. The number of allylic oxidation sites excluding steroid dienone is 2. The maximum absolute atomic E-state index is 6.35. The topological polar surface area (TPSA) is 38.1 Å². The Morgan fingerprint density at radius 3 is 2.23 bits per heavy atom. The Balaban J connectivity index is 0.973. The number of aromatic nitrogens is 2. The average molecular weight is 640 g/mol. The smallest absolute Gasteiger partial charge is 0.169 e. The van der Waals surface area contributed by atoms with Gasteiger partial charge in [-0.05, 0) is 83.8 Å². The molecule has 1 N–H and O–H groups in total. The van der Waals surface area contributed by atoms with Crippen LogP contribution in [0.1, 0.15) is 73.6 Å². The fraction of sp³-hybridized carbons (Fsp3) is 0.295. The van der Waals surface area contributed by atoms with Crippen LogP contribution < -0.4 is 14.0 Å². The van der Waals surface area contributed by atoms with E-state index in [1.807, 2.05) is 18.2 Å². The third-order valence-corrected chi connectivity index (χ3v) is 8.94. The van der Waals surface area contributed by atoms with Crippen molar-refractivity contribution in [3.05, 3.63) is 139 Å². The van der Waals surface area contributed by atoms with Crippen molar-refractivity contribution in [2.75, 3.05) is 13.7 Å². The Morgan fingerprint density at radius 2 is 1.46 bits per heavy atom. The van der Waals surface area contributed by atoms with Gasteiger partial charge in [-0.25, -0.2) is 4.57 Å². The molecule has 2 aromatic heterocycles. The van der Waals surface area contributed by atoms with Gasteiger partial charge < -0.3 is 14.5 Å². The number of rotatable bonds is 20. The van der Waals surface area contributed by atoms with Crippen LogP contribution in [0.15, 0.2) is 117 Å². The number of methoxy groups -OCH3 is 1. The molecule has 5 rings (SSSR count). The van der Waals surface area contributed by atoms with Gasteiger partial charge in [0, 0.05) is 41.2 Å². The summed E-state index contributed by atoms with van der Waals surface area (Å²) in [4.78, 5) is 3.34. The molecule has 4 heteroatoms. The summed E-state index contributed by atoms with van der Waals surface area (Å²) in [6.45, 7) is 9.64. The number of fused-ring (bicyclic) bond motifs is 1. The first-order valence-corrected chi connectivity index (χ1v) is 17.6. The van der Waals surface area contributed by atoms with Crippen molar-refractivity contribution in [3.63, 3.8) is 0 Å². The summed E-state index contributed by atoms with van der Waals surface area (Å²) < 4.78 is 14.2. The molecule has 0 aliphatic heterocycles. The second kappa shape index (κ2) is 18.5. The highest BCUT2D eigenvalue weighted by molar-refractivity contribution is 5.91. The van der Waals surface area contributed by atoms with Crippen molar-refractivity contribution in [2.45, 2.75) is 70.8 Å². The van der Waals surface area contributed by atoms with E-state index in [1.54, 1.807) is 7.11 Å². The number of unbranched alkanes of at least 4 members (excludes halogenated alkanes) is 7. The molecule has 48 heavy (non-hydrogen) atoms. The van der Waals surface area contributed by atoms with Crippen LogP contribution in [0.5, 0.6) is 11.5 Å². The van der Waals surface area contributed by atoms with Crippen LogP contribution >= 0.6 is 0 Å². The summed E-state index contributed by atoms with van der Waals surface area (Å²) in [7, 11) is 1.72. The van der Waals surface area contributed by atoms with E-state index in [0.29, 0.717) is 0 Å². The molecule has 0 spiro atoms. The number of H-pyrrole nitrogens is 1. The van der Waals surface area contributed by atoms with E-state index in [-0.39, 0.29) is 0 Å². The summed E-state index contributed by atoms with van der Waals surface area (Å²) in [5.74, 6) is 1.82. The summed E-state index contributed by atoms with van der Waals surface area (Å²) in [5, 5.41) is 1.26. The SMILES string of the molecule is C=CCc1ccc(OCCCCCCCCCC[n+]2ccc(/C=C/c3c[nH]c4ccccc34)cc2)c(-c2ccc(OC)c(CC=C)c2)c1. The molecule has 0 amide bonds. The lowest BCUT2D eigenvalue weighted by Crippen LogP contribution is -2.32. The Morgan fingerprint density at radius 1 is 0.729 bits per heavy atom. The number of nitrogens with zero attached hydrogens (tertiary/aromatic N) is 1. The number of hydrogen-bond donors (Lipinski definition) is 1. The number of pyridine rings is 1. The van der Waals surface area contributed by atoms with Gasteiger partial charge in [0.1, 0.15) is 18.0 Å². The minimum atomic E-state index is 0.734. The van der Waals surface area contributed by atoms with Gasteiger partial charge in [-0.15, -0.1) is 13.2 Å². The molecule has 5 aromatic rings. The van der Waals surface area contributed by atoms with Gasteiger partial charge in [-0.3, -0.25) is 0 Å². The number of benzene rings is 3. The third kappa shape index (κ3) is 9.84. The van der Waals surface area contributed by atoms with E-state index in [9.17, 15) is 0 Å². The maximum atomic E-state index is 6.35. The molecule has 0 atom stereocenters. The van der Waals surface area contributed by atoms with E-state index in [4.69, 9.17) is 9.47 Å². The molecular formula is C44H51N2O2+. The lowest BCUT2D eigenvalue weighted by atomic mass is 9.97. The van der Waals surface area contributed by atoms with Gasteiger partial charge in [-0.2, -0.15) is 0 Å². The lowest BCUT2D eigenvalue weighted by molar-refractivity contribution is -0.697. The van der Waals surface area contributed by atoms with Crippen molar-refractivity contribution < 1.29 is 14.0 Å². The van der Waals surface area contributed by atoms with Crippen LogP contribution in [0.3, 0.4) is 0 Å². The van der Waals surface area contributed by atoms with Crippen LogP contribution in [0.25, 0.3) is 34.2 Å². The molecule has 0 saturated carbocycles. The first-order valence-electron chi connectivity index (χ1n) is 17.6. The van der Waals surface area contributed by atoms with Crippen molar-refractivity contribution in [1.29, 1.82) is 0 Å². The summed E-state index contributed by atoms with van der Waals surface area (Å²) in [6.07, 6.45) is 26.3. The standard InChI is InChI=1S/C44H50N2O2/c1-4-16-36-21-24-44(41(32-36)37-23-25-43(47-3)38(33-37)17-5-2)48-31-15-11-9-7-6-8-10-14-28-46-29-26-35(27-30-46)20-22-39-34-45-42-19-13-12-18-40(39)42/h4-5,12-13,18-27,29-30,32-34H,1-2,6-11,14-17,28,31H2,3H3/p+1. The first-order chi connectivity index (χ1) is 23.7. The molecule has 0 radical (unpaired) electrons. The molecule has 0 fully saturated rings. The van der Waals surface area contributed by atoms with Gasteiger partial charge in [0.05, 0.1) is 13.7 Å². The molecule has 0 aliphatic rings. The molecule has 0 saturated heterocycles. The minimum absolute atomic E-state index is 0.734. The average Bonchev–Trinajstić information content (AvgIpc) is 3.54. The fourth-order valence-electron chi connectivity index (χ4n) is 6.27. The normalized spacial score (nSPS) is 11.3. The number of hydrogen-bond acceptors (Lipinski definition) is 2. The summed E-state index contributed by atoms with van der Waals surface area (Å²) >= 11 is 0. The van der Waals surface area contributed by atoms with Gasteiger partial charge in [0.15, 0.2) is 12.4 Å². The zero-order valence-electron chi connectivity index (χ0n) is 28.6. The first kappa shape index (κ1) is 34.5. The predicted molar refractivity (Wildman–Crippen MR) is 203 cm³/mol. The Kier molecular flexibility index (Phi) is 13.3. The van der Waals surface area contributed by atoms with Crippen molar-refractivity contribution >= 4 is 23.1 Å². The quantitative estimate of drug-likeness (QED) is 0.0523. The zero-order chi connectivity index (χ0) is 33.4. The maximum Gasteiger partial charge on any atom is 0.169 e. The number of para-hydroxylation sites is 1. The predicted octanol–water partition coefficient (Wildman–Crippen LogP) is 11.0. The molecule has 0 unspecified atom stereocenters. The van der Waals surface area contributed by atoms with Crippen LogP contribution in [0.2, 0.25) is 0 Å². The van der Waals surface area contributed by atoms with E-state index >= 15 is 0 Å². The summed E-state index contributed by atoms with van der Waals surface area (Å²) in [5.41, 5.74) is 8.24. The zero-order valence-corrected chi connectivity index (χ0v) is 28.6. The van der Waals surface area contributed by atoms with Crippen LogP contribution in [-0.2, 0) is 19.4 Å². The van der Waals surface area contributed by atoms with Crippen LogP contribution in [-0.4, -0.2) is 18.7 Å². The van der Waals surface area contributed by atoms with Gasteiger partial charge in [0.25, 0.3) is 0 Å². The van der Waals surface area contributed by atoms with Crippen molar-refractivity contribution in [1.82, 2.24) is 4.98 Å². The second-order valence-corrected chi connectivity index (χ2v) is 12.5. The van der Waals surface area contributed by atoms with Crippen molar-refractivity contribution in [3.8, 4) is 22.6 Å². The molecule has 248 valence electrons. The Bertz CT molecular complexity index is 1780. The number of nitrogens with one attached hydrogen (secondary N) is 1. The summed E-state index contributed by atoms with van der Waals surface area (Å²) in [6, 6.07) is 25.7. The van der Waals surface area contributed by atoms with E-state index < -0.39 is 0 Å². The van der Waals surface area contributed by atoms with E-state index in [2.05, 4.69) is 120 Å². The Labute approximate surface area is 287 Å². The lowest BCUT2D eigenvalue weighted by Gasteiger charge is -2.15. The monoisotopic (exact) mass is 639 g/mol. The van der Waals surface area contributed by atoms with Crippen LogP contribution in [0, 0.1) is 0 Å². The highest BCUT2D eigenvalue weighted by Crippen LogP contribution is 2.35. The second-order valence-electron chi connectivity index (χ2n) is 12.5. The molecular weight excluding hydrogens is 588 g/mol. The largest absolute Gasteiger partial charge is 0.496 e. The number of aromatic amines is 1. The fourth-order valence-corrected chi connectivity index (χ4v) is 6.27. The van der Waals surface area contributed by atoms with Gasteiger partial charge >= 0.3 is 0 Å². The van der Waals surface area contributed by atoms with Gasteiger partial charge in [-0.1, -0.05) is 86.7 Å². The van der Waals surface area contributed by atoms with E-state index in [0.717, 1.165) is 60.6 Å². The minimum Gasteiger partial charge on any atom is -0.496 e. The highest BCUT2D eigenvalue weighted by Gasteiger charge is 2.11. The Hall–Kier alpha value is -4.83. The number of ether oxygens (including phenoxy) is 2. The van der Waals surface area contributed by atoms with E-state index in [1.165, 1.54) is 72.5 Å². The molecule has 3 aromatic carbocycles.